The molecule has 8 nitrogen and oxygen atoms in total. The first-order chi connectivity index (χ1) is 9.76. The van der Waals surface area contributed by atoms with Gasteiger partial charge in [0.2, 0.25) is 0 Å². The highest BCUT2D eigenvalue weighted by Crippen LogP contribution is 2.32. The monoisotopic (exact) mass is 315 g/mol. The Hall–Kier alpha value is -2.35. The van der Waals surface area contributed by atoms with Crippen molar-refractivity contribution < 1.29 is 19.6 Å². The Morgan fingerprint density at radius 1 is 1.48 bits per heavy atom. The van der Waals surface area contributed by atoms with Gasteiger partial charge in [0, 0.05) is 19.2 Å². The van der Waals surface area contributed by atoms with Crippen LogP contribution in [0.1, 0.15) is 23.7 Å². The van der Waals surface area contributed by atoms with Crippen LogP contribution in [0.3, 0.4) is 0 Å². The van der Waals surface area contributed by atoms with Crippen LogP contribution in [0.25, 0.3) is 0 Å². The summed E-state index contributed by atoms with van der Waals surface area (Å²) < 4.78 is 0. The number of carbonyl (C=O) groups excluding carboxylic acids is 1. The van der Waals surface area contributed by atoms with Crippen molar-refractivity contribution in [3.05, 3.63) is 32.8 Å². The van der Waals surface area contributed by atoms with Crippen LogP contribution >= 0.6 is 11.6 Å². The van der Waals surface area contributed by atoms with Crippen LogP contribution in [0.15, 0.2) is 12.1 Å². The Kier molecular flexibility index (Phi) is 5.48. The molecular weight excluding hydrogens is 302 g/mol. The highest BCUT2D eigenvalue weighted by molar-refractivity contribution is 6.34. The Bertz CT molecular complexity index is 591. The average Bonchev–Trinajstić information content (AvgIpc) is 2.36. The van der Waals surface area contributed by atoms with E-state index in [4.69, 9.17) is 16.7 Å². The van der Waals surface area contributed by atoms with Crippen LogP contribution < -0.4 is 10.6 Å². The third kappa shape index (κ3) is 4.32. The molecule has 0 aromatic heterocycles. The Morgan fingerprint density at radius 3 is 2.57 bits per heavy atom. The smallest absolute Gasteiger partial charge is 0.305 e. The molecule has 0 bridgehead atoms. The van der Waals surface area contributed by atoms with Gasteiger partial charge in [0.15, 0.2) is 0 Å². The van der Waals surface area contributed by atoms with E-state index in [1.54, 1.807) is 6.92 Å². The van der Waals surface area contributed by atoms with Crippen molar-refractivity contribution in [2.24, 2.45) is 0 Å². The normalized spacial score (nSPS) is 11.6. The van der Waals surface area contributed by atoms with Crippen molar-refractivity contribution in [2.75, 3.05) is 12.4 Å². The highest BCUT2D eigenvalue weighted by Gasteiger charge is 2.22. The zero-order chi connectivity index (χ0) is 16.2. The summed E-state index contributed by atoms with van der Waals surface area (Å²) in [6.45, 7) is 1.57. The van der Waals surface area contributed by atoms with Crippen molar-refractivity contribution in [2.45, 2.75) is 19.4 Å². The van der Waals surface area contributed by atoms with Crippen molar-refractivity contribution in [3.8, 4) is 0 Å². The molecule has 0 saturated carbocycles. The predicted octanol–water partition coefficient (Wildman–Crippen LogP) is 1.88. The number of hydrogen-bond acceptors (Lipinski definition) is 5. The molecule has 0 unspecified atom stereocenters. The number of carboxylic acid groups (broad SMARTS) is 1. The number of hydrogen-bond donors (Lipinski definition) is 3. The maximum absolute atomic E-state index is 11.6. The minimum Gasteiger partial charge on any atom is -0.481 e. The number of aliphatic carboxylic acids is 1. The minimum absolute atomic E-state index is 0.0256. The fourth-order valence-electron chi connectivity index (χ4n) is 1.72. The lowest BCUT2D eigenvalue weighted by molar-refractivity contribution is -0.384. The summed E-state index contributed by atoms with van der Waals surface area (Å²) in [7, 11) is 1.38. The van der Waals surface area contributed by atoms with Gasteiger partial charge in [-0.15, -0.1) is 0 Å². The van der Waals surface area contributed by atoms with E-state index in [1.165, 1.54) is 13.1 Å². The van der Waals surface area contributed by atoms with Gasteiger partial charge >= 0.3 is 5.97 Å². The number of anilines is 1. The number of nitrogens with zero attached hydrogens (tertiary/aromatic N) is 1. The number of amides is 1. The number of carbonyl (C=O) groups is 2. The van der Waals surface area contributed by atoms with E-state index in [-0.39, 0.29) is 28.4 Å². The third-order valence-electron chi connectivity index (χ3n) is 2.64. The van der Waals surface area contributed by atoms with Crippen LogP contribution in [-0.2, 0) is 4.79 Å². The highest BCUT2D eigenvalue weighted by atomic mass is 35.5. The predicted molar refractivity (Wildman–Crippen MR) is 76.8 cm³/mol. The number of benzene rings is 1. The number of nitrogens with one attached hydrogen (secondary N) is 2. The standard InChI is InChI=1S/C12H14ClN3O5/c1-6(3-11(17)18)15-9-5-8(13)7(12(19)14-2)4-10(9)16(20)21/h4-6,15H,3H2,1-2H3,(H,14,19)(H,17,18)/t6-/m0/s1. The molecule has 0 spiro atoms. The van der Waals surface area contributed by atoms with Crippen molar-refractivity contribution >= 4 is 34.9 Å². The lowest BCUT2D eigenvalue weighted by Gasteiger charge is -2.14. The quantitative estimate of drug-likeness (QED) is 0.544. The molecule has 9 heteroatoms. The van der Waals surface area contributed by atoms with Gasteiger partial charge in [-0.05, 0) is 13.0 Å². The lowest BCUT2D eigenvalue weighted by atomic mass is 10.1. The fourth-order valence-corrected chi connectivity index (χ4v) is 1.97. The number of rotatable bonds is 6. The van der Waals surface area contributed by atoms with E-state index in [0.717, 1.165) is 6.07 Å². The summed E-state index contributed by atoms with van der Waals surface area (Å²) in [6, 6.07) is 1.75. The first-order valence-electron chi connectivity index (χ1n) is 5.94. The second-order valence-corrected chi connectivity index (χ2v) is 4.74. The topological polar surface area (TPSA) is 122 Å². The van der Waals surface area contributed by atoms with Crippen LogP contribution in [0, 0.1) is 10.1 Å². The Labute approximate surface area is 125 Å². The molecule has 1 rings (SSSR count). The fraction of sp³-hybridized carbons (Fsp3) is 0.333. The molecule has 0 radical (unpaired) electrons. The van der Waals surface area contributed by atoms with Crippen LogP contribution in [0.4, 0.5) is 11.4 Å². The zero-order valence-electron chi connectivity index (χ0n) is 11.3. The van der Waals surface area contributed by atoms with Gasteiger partial charge in [-0.25, -0.2) is 0 Å². The number of carboxylic acids is 1. The second kappa shape index (κ2) is 6.89. The van der Waals surface area contributed by atoms with Crippen LogP contribution in [0.5, 0.6) is 0 Å². The maximum atomic E-state index is 11.6. The molecule has 1 aromatic carbocycles. The molecule has 1 amide bonds. The van der Waals surface area contributed by atoms with Gasteiger partial charge < -0.3 is 15.7 Å². The summed E-state index contributed by atoms with van der Waals surface area (Å²) >= 11 is 5.93. The molecule has 3 N–H and O–H groups in total. The van der Waals surface area contributed by atoms with E-state index in [2.05, 4.69) is 10.6 Å². The van der Waals surface area contributed by atoms with Crippen molar-refractivity contribution in [1.82, 2.24) is 5.32 Å². The van der Waals surface area contributed by atoms with Gasteiger partial charge in [0.25, 0.3) is 11.6 Å². The molecule has 1 atom stereocenters. The SMILES string of the molecule is CNC(=O)c1cc([N+](=O)[O-])c(N[C@@H](C)CC(=O)O)cc1Cl. The van der Waals surface area contributed by atoms with E-state index in [0.29, 0.717) is 0 Å². The summed E-state index contributed by atoms with van der Waals surface area (Å²) in [4.78, 5) is 32.6. The molecule has 114 valence electrons. The number of halogens is 1. The molecular formula is C12H14ClN3O5. The van der Waals surface area contributed by atoms with Gasteiger partial charge in [0.1, 0.15) is 5.69 Å². The Morgan fingerprint density at radius 2 is 2.10 bits per heavy atom. The first-order valence-corrected chi connectivity index (χ1v) is 6.32. The largest absolute Gasteiger partial charge is 0.481 e. The van der Waals surface area contributed by atoms with E-state index in [9.17, 15) is 19.7 Å². The minimum atomic E-state index is -1.04. The van der Waals surface area contributed by atoms with E-state index < -0.39 is 22.8 Å². The van der Waals surface area contributed by atoms with Crippen LogP contribution in [0.2, 0.25) is 5.02 Å². The van der Waals surface area contributed by atoms with Gasteiger partial charge in [-0.2, -0.15) is 0 Å². The molecule has 0 fully saturated rings. The van der Waals surface area contributed by atoms with Crippen LogP contribution in [-0.4, -0.2) is 35.0 Å². The third-order valence-corrected chi connectivity index (χ3v) is 2.95. The zero-order valence-corrected chi connectivity index (χ0v) is 12.1. The van der Waals surface area contributed by atoms with Gasteiger partial charge in [-0.3, -0.25) is 19.7 Å². The second-order valence-electron chi connectivity index (χ2n) is 4.33. The summed E-state index contributed by atoms with van der Waals surface area (Å²) in [5, 5.41) is 24.8. The molecule has 0 aliphatic rings. The average molecular weight is 316 g/mol. The first kappa shape index (κ1) is 16.7. The van der Waals surface area contributed by atoms with Crippen molar-refractivity contribution in [3.63, 3.8) is 0 Å². The van der Waals surface area contributed by atoms with E-state index in [1.807, 2.05) is 0 Å². The molecule has 0 aliphatic heterocycles. The summed E-state index contributed by atoms with van der Waals surface area (Å²) in [6.07, 6.45) is -0.216. The molecule has 1 aromatic rings. The Balaban J connectivity index is 3.20. The van der Waals surface area contributed by atoms with Crippen molar-refractivity contribution in [1.29, 1.82) is 0 Å². The van der Waals surface area contributed by atoms with Gasteiger partial charge in [-0.1, -0.05) is 11.6 Å². The lowest BCUT2D eigenvalue weighted by Crippen LogP contribution is -2.21. The molecule has 0 aliphatic carbocycles. The van der Waals surface area contributed by atoms with Gasteiger partial charge in [0.05, 0.1) is 21.9 Å². The molecule has 0 saturated heterocycles. The summed E-state index contributed by atoms with van der Waals surface area (Å²) in [5.74, 6) is -1.58. The molecule has 0 heterocycles. The number of nitro groups is 1. The molecule has 21 heavy (non-hydrogen) atoms. The maximum Gasteiger partial charge on any atom is 0.305 e. The summed E-state index contributed by atoms with van der Waals surface area (Å²) in [5.41, 5.74) is -0.316. The number of nitro benzene ring substituents is 1. The van der Waals surface area contributed by atoms with E-state index >= 15 is 0 Å².